The third-order valence-corrected chi connectivity index (χ3v) is 4.09. The number of piperidine rings is 1. The van der Waals surface area contributed by atoms with Gasteiger partial charge in [0.25, 0.3) is 0 Å². The molecule has 0 spiro atoms. The second kappa shape index (κ2) is 9.32. The van der Waals surface area contributed by atoms with Gasteiger partial charge in [0, 0.05) is 19.2 Å². The highest BCUT2D eigenvalue weighted by Crippen LogP contribution is 2.21. The van der Waals surface area contributed by atoms with Crippen LogP contribution >= 0.6 is 0 Å². The molecule has 0 aromatic heterocycles. The van der Waals surface area contributed by atoms with Crippen molar-refractivity contribution in [3.63, 3.8) is 0 Å². The van der Waals surface area contributed by atoms with Crippen LogP contribution < -0.4 is 5.32 Å². The van der Waals surface area contributed by atoms with Gasteiger partial charge in [0.15, 0.2) is 0 Å². The van der Waals surface area contributed by atoms with Gasteiger partial charge >= 0.3 is 0 Å². The maximum atomic E-state index is 12.1. The lowest BCUT2D eigenvalue weighted by molar-refractivity contribution is -0.127. The summed E-state index contributed by atoms with van der Waals surface area (Å²) < 4.78 is 0. The normalized spacial score (nSPS) is 22.2. The number of carbonyl (C=O) groups is 1. The fraction of sp³-hybridized carbons (Fsp3) is 0.933. The number of likely N-dealkylation sites (tertiary alicyclic amines) is 1. The molecule has 112 valence electrons. The molecule has 2 N–H and O–H groups in total. The van der Waals surface area contributed by atoms with Gasteiger partial charge in [0.2, 0.25) is 5.91 Å². The van der Waals surface area contributed by atoms with E-state index in [-0.39, 0.29) is 18.6 Å². The Morgan fingerprint density at radius 3 is 2.89 bits per heavy atom. The highest BCUT2D eigenvalue weighted by molar-refractivity contribution is 5.81. The molecule has 1 aliphatic rings. The predicted molar refractivity (Wildman–Crippen MR) is 78.0 cm³/mol. The summed E-state index contributed by atoms with van der Waals surface area (Å²) in [6.45, 7) is 6.14. The Hall–Kier alpha value is -0.610. The van der Waals surface area contributed by atoms with Gasteiger partial charge in [0.05, 0.1) is 6.04 Å². The first kappa shape index (κ1) is 16.4. The van der Waals surface area contributed by atoms with Crippen molar-refractivity contribution < 1.29 is 9.90 Å². The molecule has 0 aliphatic carbocycles. The van der Waals surface area contributed by atoms with Crippen LogP contribution in [0.2, 0.25) is 0 Å². The minimum Gasteiger partial charge on any atom is -0.396 e. The molecule has 4 nitrogen and oxygen atoms in total. The monoisotopic (exact) mass is 270 g/mol. The lowest BCUT2D eigenvalue weighted by atomic mass is 9.97. The molecule has 0 radical (unpaired) electrons. The molecule has 4 heteroatoms. The molecular formula is C15H30N2O2. The van der Waals surface area contributed by atoms with Crippen LogP contribution in [-0.4, -0.2) is 47.7 Å². The van der Waals surface area contributed by atoms with Crippen LogP contribution in [0.5, 0.6) is 0 Å². The van der Waals surface area contributed by atoms with Crippen molar-refractivity contribution >= 4 is 5.91 Å². The van der Waals surface area contributed by atoms with Crippen LogP contribution in [0.1, 0.15) is 58.8 Å². The summed E-state index contributed by atoms with van der Waals surface area (Å²) >= 11 is 0. The number of rotatable bonds is 8. The van der Waals surface area contributed by atoms with Crippen molar-refractivity contribution in [2.75, 3.05) is 19.7 Å². The van der Waals surface area contributed by atoms with Crippen LogP contribution in [0.15, 0.2) is 0 Å². The van der Waals surface area contributed by atoms with E-state index in [0.717, 1.165) is 38.8 Å². The molecule has 1 amide bonds. The van der Waals surface area contributed by atoms with Gasteiger partial charge in [-0.15, -0.1) is 0 Å². The van der Waals surface area contributed by atoms with E-state index >= 15 is 0 Å². The zero-order valence-electron chi connectivity index (χ0n) is 12.5. The number of aliphatic hydroxyl groups excluding tert-OH is 1. The summed E-state index contributed by atoms with van der Waals surface area (Å²) in [6.07, 6.45) is 7.68. The van der Waals surface area contributed by atoms with Gasteiger partial charge < -0.3 is 10.4 Å². The van der Waals surface area contributed by atoms with Crippen molar-refractivity contribution in [3.05, 3.63) is 0 Å². The number of carbonyl (C=O) groups excluding carboxylic acids is 1. The number of unbranched alkanes of at least 4 members (excludes halogenated alkanes) is 2. The average Bonchev–Trinajstić information content (AvgIpc) is 2.43. The first-order chi connectivity index (χ1) is 9.20. The lowest BCUT2D eigenvalue weighted by Gasteiger charge is -2.39. The van der Waals surface area contributed by atoms with Crippen LogP contribution in [0, 0.1) is 0 Å². The van der Waals surface area contributed by atoms with E-state index < -0.39 is 0 Å². The van der Waals surface area contributed by atoms with Crippen molar-refractivity contribution in [2.24, 2.45) is 0 Å². The first-order valence-electron chi connectivity index (χ1n) is 7.85. The van der Waals surface area contributed by atoms with Gasteiger partial charge in [-0.25, -0.2) is 0 Å². The summed E-state index contributed by atoms with van der Waals surface area (Å²) in [4.78, 5) is 14.4. The zero-order valence-corrected chi connectivity index (χ0v) is 12.5. The Kier molecular flexibility index (Phi) is 8.07. The predicted octanol–water partition coefficient (Wildman–Crippen LogP) is 1.92. The molecule has 0 saturated carbocycles. The molecule has 1 aliphatic heterocycles. The minimum atomic E-state index is -0.0709. The van der Waals surface area contributed by atoms with Crippen LogP contribution in [-0.2, 0) is 4.79 Å². The third-order valence-electron chi connectivity index (χ3n) is 4.09. The Bertz CT molecular complexity index is 257. The molecule has 0 aromatic carbocycles. The van der Waals surface area contributed by atoms with Crippen molar-refractivity contribution in [3.8, 4) is 0 Å². The van der Waals surface area contributed by atoms with Gasteiger partial charge in [-0.1, -0.05) is 26.2 Å². The summed E-state index contributed by atoms with van der Waals surface area (Å²) in [5.74, 6) is 0.140. The Balaban J connectivity index is 2.39. The number of hydrogen-bond donors (Lipinski definition) is 2. The molecule has 0 aromatic rings. The number of nitrogens with zero attached hydrogens (tertiary/aromatic N) is 1. The summed E-state index contributed by atoms with van der Waals surface area (Å²) in [7, 11) is 0. The topological polar surface area (TPSA) is 52.6 Å². The number of aliphatic hydroxyl groups is 1. The van der Waals surface area contributed by atoms with Gasteiger partial charge in [-0.05, 0) is 39.2 Å². The molecule has 1 rings (SSSR count). The van der Waals surface area contributed by atoms with Crippen LogP contribution in [0.3, 0.4) is 0 Å². The Morgan fingerprint density at radius 2 is 2.21 bits per heavy atom. The summed E-state index contributed by atoms with van der Waals surface area (Å²) in [6, 6.07) is 0.300. The van der Waals surface area contributed by atoms with E-state index in [2.05, 4.69) is 17.1 Å². The second-order valence-electron chi connectivity index (χ2n) is 5.57. The van der Waals surface area contributed by atoms with Crippen molar-refractivity contribution in [1.82, 2.24) is 10.2 Å². The van der Waals surface area contributed by atoms with Gasteiger partial charge in [-0.2, -0.15) is 0 Å². The molecule has 1 saturated heterocycles. The average molecular weight is 270 g/mol. The highest BCUT2D eigenvalue weighted by atomic mass is 16.3. The standard InChI is InChI=1S/C15H30N2O2/c1-3-4-6-10-16-15(19)13(2)17-11-7-5-8-14(17)9-12-18/h13-14,18H,3-12H2,1-2H3,(H,16,19). The Labute approximate surface area is 117 Å². The van der Waals surface area contributed by atoms with E-state index in [1.54, 1.807) is 0 Å². The SMILES string of the molecule is CCCCCNC(=O)C(C)N1CCCCC1CCO. The van der Waals surface area contributed by atoms with Crippen LogP contribution in [0.4, 0.5) is 0 Å². The first-order valence-corrected chi connectivity index (χ1v) is 7.85. The van der Waals surface area contributed by atoms with Gasteiger partial charge in [-0.3, -0.25) is 9.69 Å². The molecule has 1 fully saturated rings. The maximum absolute atomic E-state index is 12.1. The van der Waals surface area contributed by atoms with Crippen LogP contribution in [0.25, 0.3) is 0 Å². The van der Waals surface area contributed by atoms with E-state index in [1.807, 2.05) is 6.92 Å². The molecule has 1 heterocycles. The second-order valence-corrected chi connectivity index (χ2v) is 5.57. The van der Waals surface area contributed by atoms with Crippen molar-refractivity contribution in [1.29, 1.82) is 0 Å². The molecule has 19 heavy (non-hydrogen) atoms. The quantitative estimate of drug-likeness (QED) is 0.663. The highest BCUT2D eigenvalue weighted by Gasteiger charge is 2.29. The molecule has 0 bridgehead atoms. The fourth-order valence-electron chi connectivity index (χ4n) is 2.88. The maximum Gasteiger partial charge on any atom is 0.237 e. The summed E-state index contributed by atoms with van der Waals surface area (Å²) in [5, 5.41) is 12.2. The Morgan fingerprint density at radius 1 is 1.42 bits per heavy atom. The van der Waals surface area contributed by atoms with Gasteiger partial charge in [0.1, 0.15) is 0 Å². The van der Waals surface area contributed by atoms with E-state index in [1.165, 1.54) is 19.3 Å². The number of amides is 1. The zero-order chi connectivity index (χ0) is 14.1. The van der Waals surface area contributed by atoms with E-state index in [4.69, 9.17) is 5.11 Å². The smallest absolute Gasteiger partial charge is 0.237 e. The van der Waals surface area contributed by atoms with Crippen molar-refractivity contribution in [2.45, 2.75) is 70.9 Å². The number of hydrogen-bond acceptors (Lipinski definition) is 3. The molecule has 2 atom stereocenters. The minimum absolute atomic E-state index is 0.0709. The largest absolute Gasteiger partial charge is 0.396 e. The fourth-order valence-corrected chi connectivity index (χ4v) is 2.88. The van der Waals surface area contributed by atoms with E-state index in [9.17, 15) is 4.79 Å². The molecular weight excluding hydrogens is 240 g/mol. The third kappa shape index (κ3) is 5.49. The van der Waals surface area contributed by atoms with E-state index in [0.29, 0.717) is 6.04 Å². The summed E-state index contributed by atoms with van der Waals surface area (Å²) in [5.41, 5.74) is 0. The molecule has 2 unspecified atom stereocenters. The lowest BCUT2D eigenvalue weighted by Crippen LogP contribution is -2.52. The number of nitrogens with one attached hydrogen (secondary N) is 1.